The van der Waals surface area contributed by atoms with Gasteiger partial charge in [0.25, 0.3) is 0 Å². The van der Waals surface area contributed by atoms with Crippen LogP contribution in [0.5, 0.6) is 5.75 Å². The lowest BCUT2D eigenvalue weighted by Crippen LogP contribution is -1.81. The second-order valence-electron chi connectivity index (χ2n) is 1.93. The zero-order chi connectivity index (χ0) is 8.43. The number of aromatic hydroxyl groups is 1. The van der Waals surface area contributed by atoms with Crippen LogP contribution in [0.25, 0.3) is 0 Å². The number of hydrogen-bond acceptors (Lipinski definition) is 3. The van der Waals surface area contributed by atoms with Crippen LogP contribution >= 0.6 is 12.6 Å². The van der Waals surface area contributed by atoms with Gasteiger partial charge in [-0.3, -0.25) is 0 Å². The topological polar surface area (TPSA) is 44.0 Å². The Hall–Kier alpha value is -1.21. The molecule has 0 aromatic heterocycles. The van der Waals surface area contributed by atoms with Crippen molar-refractivity contribution in [3.63, 3.8) is 0 Å². The molecule has 0 radical (unpaired) electrons. The van der Waals surface area contributed by atoms with E-state index in [-0.39, 0.29) is 16.2 Å². The number of nitriles is 1. The normalized spacial score (nSPS) is 9.18. The van der Waals surface area contributed by atoms with Crippen LogP contribution in [-0.4, -0.2) is 5.11 Å². The van der Waals surface area contributed by atoms with Gasteiger partial charge in [0.05, 0.1) is 10.5 Å². The summed E-state index contributed by atoms with van der Waals surface area (Å²) in [7, 11) is 0. The summed E-state index contributed by atoms with van der Waals surface area (Å²) in [4.78, 5) is 0.0709. The maximum absolute atomic E-state index is 12.5. The summed E-state index contributed by atoms with van der Waals surface area (Å²) in [5.41, 5.74) is -0.102. The molecule has 0 bridgehead atoms. The van der Waals surface area contributed by atoms with Crippen LogP contribution in [0.15, 0.2) is 17.0 Å². The third-order valence-corrected chi connectivity index (χ3v) is 1.52. The van der Waals surface area contributed by atoms with E-state index >= 15 is 0 Å². The van der Waals surface area contributed by atoms with Crippen molar-refractivity contribution in [1.82, 2.24) is 0 Å². The van der Waals surface area contributed by atoms with Crippen molar-refractivity contribution >= 4 is 12.6 Å². The van der Waals surface area contributed by atoms with Crippen molar-refractivity contribution in [2.24, 2.45) is 0 Å². The molecule has 1 rings (SSSR count). The minimum atomic E-state index is -0.579. The van der Waals surface area contributed by atoms with Gasteiger partial charge in [-0.1, -0.05) is 0 Å². The lowest BCUT2D eigenvalue weighted by Gasteiger charge is -1.98. The molecule has 1 N–H and O–H groups in total. The molecule has 0 atom stereocenters. The van der Waals surface area contributed by atoms with Crippen LogP contribution in [0.1, 0.15) is 5.56 Å². The molecule has 0 aliphatic rings. The standard InChI is InChI=1S/C7H4FNOS/c8-5-1-4(3-9)7(10)6(11)2-5/h1-2,10-11H. The smallest absolute Gasteiger partial charge is 0.146 e. The molecule has 2 nitrogen and oxygen atoms in total. The first-order valence-electron chi connectivity index (χ1n) is 2.76. The number of benzene rings is 1. The molecule has 0 aliphatic heterocycles. The monoisotopic (exact) mass is 169 g/mol. The van der Waals surface area contributed by atoms with Gasteiger partial charge in [-0.05, 0) is 12.1 Å². The Morgan fingerprint density at radius 2 is 2.18 bits per heavy atom. The predicted octanol–water partition coefficient (Wildman–Crippen LogP) is 1.69. The number of nitrogens with zero attached hydrogens (tertiary/aromatic N) is 1. The molecular weight excluding hydrogens is 165 g/mol. The zero-order valence-corrected chi connectivity index (χ0v) is 6.27. The summed E-state index contributed by atoms with van der Waals surface area (Å²) < 4.78 is 12.5. The molecule has 0 heterocycles. The van der Waals surface area contributed by atoms with Gasteiger partial charge in [-0.25, -0.2) is 4.39 Å². The largest absolute Gasteiger partial charge is 0.505 e. The molecule has 0 amide bonds. The van der Waals surface area contributed by atoms with E-state index in [9.17, 15) is 4.39 Å². The Morgan fingerprint density at radius 3 is 2.73 bits per heavy atom. The van der Waals surface area contributed by atoms with Gasteiger partial charge in [0.15, 0.2) is 0 Å². The lowest BCUT2D eigenvalue weighted by atomic mass is 10.2. The molecule has 4 heteroatoms. The first-order valence-corrected chi connectivity index (χ1v) is 3.21. The molecule has 0 unspecified atom stereocenters. The molecule has 0 spiro atoms. The van der Waals surface area contributed by atoms with Crippen LogP contribution in [0.3, 0.4) is 0 Å². The Kier molecular flexibility index (Phi) is 2.01. The zero-order valence-electron chi connectivity index (χ0n) is 5.37. The molecule has 0 saturated carbocycles. The van der Waals surface area contributed by atoms with E-state index in [0.717, 1.165) is 12.1 Å². The lowest BCUT2D eigenvalue weighted by molar-refractivity contribution is 0.457. The molecule has 1 aromatic rings. The third kappa shape index (κ3) is 1.44. The fraction of sp³-hybridized carbons (Fsp3) is 0. The molecule has 1 aromatic carbocycles. The van der Waals surface area contributed by atoms with Gasteiger partial charge in [-0.15, -0.1) is 12.6 Å². The number of rotatable bonds is 0. The molecule has 56 valence electrons. The Labute approximate surface area is 68.3 Å². The minimum absolute atomic E-state index is 0.0709. The molecule has 0 aliphatic carbocycles. The van der Waals surface area contributed by atoms with Gasteiger partial charge in [-0.2, -0.15) is 5.26 Å². The third-order valence-electron chi connectivity index (χ3n) is 1.18. The molecule has 0 saturated heterocycles. The van der Waals surface area contributed by atoms with Crippen molar-refractivity contribution in [2.75, 3.05) is 0 Å². The van der Waals surface area contributed by atoms with Crippen LogP contribution in [0.4, 0.5) is 4.39 Å². The Balaban J connectivity index is 3.39. The first kappa shape index (κ1) is 7.89. The van der Waals surface area contributed by atoms with E-state index in [1.165, 1.54) is 0 Å². The number of thiol groups is 1. The van der Waals surface area contributed by atoms with Crippen molar-refractivity contribution in [2.45, 2.75) is 4.90 Å². The van der Waals surface area contributed by atoms with Crippen molar-refractivity contribution in [3.05, 3.63) is 23.5 Å². The van der Waals surface area contributed by atoms with Gasteiger partial charge < -0.3 is 5.11 Å². The number of phenols is 1. The van der Waals surface area contributed by atoms with E-state index in [4.69, 9.17) is 10.4 Å². The van der Waals surface area contributed by atoms with Gasteiger partial charge in [0, 0.05) is 0 Å². The van der Waals surface area contributed by atoms with Crippen molar-refractivity contribution in [3.8, 4) is 11.8 Å². The summed E-state index contributed by atoms with van der Waals surface area (Å²) in [5.74, 6) is -0.860. The summed E-state index contributed by atoms with van der Waals surface area (Å²) in [5, 5.41) is 17.4. The second-order valence-corrected chi connectivity index (χ2v) is 2.41. The highest BCUT2D eigenvalue weighted by molar-refractivity contribution is 7.80. The van der Waals surface area contributed by atoms with E-state index in [2.05, 4.69) is 12.6 Å². The number of halogens is 1. The van der Waals surface area contributed by atoms with E-state index in [1.807, 2.05) is 0 Å². The maximum Gasteiger partial charge on any atom is 0.146 e. The summed E-state index contributed by atoms with van der Waals surface area (Å²) >= 11 is 3.75. The predicted molar refractivity (Wildman–Crippen MR) is 40.0 cm³/mol. The van der Waals surface area contributed by atoms with E-state index in [0.29, 0.717) is 0 Å². The minimum Gasteiger partial charge on any atom is -0.505 e. The number of phenolic OH excluding ortho intramolecular Hbond substituents is 1. The Morgan fingerprint density at radius 1 is 1.55 bits per heavy atom. The second kappa shape index (κ2) is 2.81. The van der Waals surface area contributed by atoms with Crippen LogP contribution in [0.2, 0.25) is 0 Å². The molecule has 11 heavy (non-hydrogen) atoms. The highest BCUT2D eigenvalue weighted by atomic mass is 32.1. The summed E-state index contributed by atoms with van der Waals surface area (Å²) in [6.45, 7) is 0. The number of hydrogen-bond donors (Lipinski definition) is 2. The van der Waals surface area contributed by atoms with Crippen molar-refractivity contribution < 1.29 is 9.50 Å². The quantitative estimate of drug-likeness (QED) is 0.580. The maximum atomic E-state index is 12.5. The van der Waals surface area contributed by atoms with Crippen LogP contribution in [0, 0.1) is 17.1 Å². The van der Waals surface area contributed by atoms with Crippen LogP contribution < -0.4 is 0 Å². The molecule has 0 fully saturated rings. The SMILES string of the molecule is N#Cc1cc(F)cc(S)c1O. The van der Waals surface area contributed by atoms with Gasteiger partial charge in [0.1, 0.15) is 17.6 Å². The van der Waals surface area contributed by atoms with E-state index < -0.39 is 5.82 Å². The fourth-order valence-electron chi connectivity index (χ4n) is 0.670. The fourth-order valence-corrected chi connectivity index (χ4v) is 0.914. The molecular formula is C7H4FNOS. The highest BCUT2D eigenvalue weighted by Crippen LogP contribution is 2.25. The average Bonchev–Trinajstić information content (AvgIpc) is 1.96. The van der Waals surface area contributed by atoms with Crippen molar-refractivity contribution in [1.29, 1.82) is 5.26 Å². The highest BCUT2D eigenvalue weighted by Gasteiger charge is 2.05. The van der Waals surface area contributed by atoms with Gasteiger partial charge >= 0.3 is 0 Å². The first-order chi connectivity index (χ1) is 5.15. The average molecular weight is 169 g/mol. The summed E-state index contributed by atoms with van der Waals surface area (Å²) in [6, 6.07) is 3.63. The van der Waals surface area contributed by atoms with E-state index in [1.54, 1.807) is 6.07 Å². The van der Waals surface area contributed by atoms with Crippen LogP contribution in [-0.2, 0) is 0 Å². The Bertz CT molecular complexity index is 332. The van der Waals surface area contributed by atoms with Gasteiger partial charge in [0.2, 0.25) is 0 Å². The summed E-state index contributed by atoms with van der Waals surface area (Å²) in [6.07, 6.45) is 0.